The Kier molecular flexibility index (Phi) is 9.08. The number of methoxy groups -OCH3 is 1. The summed E-state index contributed by atoms with van der Waals surface area (Å²) < 4.78 is 61.1. The van der Waals surface area contributed by atoms with Crippen molar-refractivity contribution >= 4 is 29.0 Å². The molecule has 1 aromatic heterocycles. The zero-order valence-electron chi connectivity index (χ0n) is 23.1. The highest BCUT2D eigenvalue weighted by atomic mass is 32.1. The number of fused-ring (bicyclic) bond motifs is 1. The van der Waals surface area contributed by atoms with Crippen LogP contribution in [-0.4, -0.2) is 59.6 Å². The molecule has 0 aliphatic carbocycles. The molecule has 0 saturated carbocycles. The second-order valence-electron chi connectivity index (χ2n) is 9.88. The van der Waals surface area contributed by atoms with E-state index in [1.807, 2.05) is 66.9 Å². The standard InChI is InChI=1S/C30H30F4N4O2S/c1-19(37(16-15-36(2)3)27(39)18-20-9-14-24(25(31)17-20)30(32,33)34)28-35-26-8-6-5-7-23(26)29(41)38(28)21-10-12-22(40-4)13-11-21/h5-14,17,19H,15-16,18H2,1-4H3. The van der Waals surface area contributed by atoms with Gasteiger partial charge < -0.3 is 14.5 Å². The molecule has 41 heavy (non-hydrogen) atoms. The maximum absolute atomic E-state index is 14.3. The summed E-state index contributed by atoms with van der Waals surface area (Å²) >= 11 is 5.91. The molecule has 0 fully saturated rings. The number of likely N-dealkylation sites (N-methyl/N-ethyl adjacent to an activating group) is 1. The number of hydrogen-bond acceptors (Lipinski definition) is 5. The van der Waals surface area contributed by atoms with E-state index in [-0.39, 0.29) is 17.9 Å². The van der Waals surface area contributed by atoms with Gasteiger partial charge in [0.1, 0.15) is 22.0 Å². The Bertz CT molecular complexity index is 1600. The molecule has 0 N–H and O–H groups in total. The monoisotopic (exact) mass is 586 g/mol. The number of para-hydroxylation sites is 1. The smallest absolute Gasteiger partial charge is 0.419 e. The summed E-state index contributed by atoms with van der Waals surface area (Å²) in [5.41, 5.74) is 0.154. The number of hydrogen-bond donors (Lipinski definition) is 0. The van der Waals surface area contributed by atoms with Crippen LogP contribution in [0.25, 0.3) is 16.6 Å². The lowest BCUT2D eigenvalue weighted by atomic mass is 10.1. The van der Waals surface area contributed by atoms with Crippen LogP contribution in [0.2, 0.25) is 0 Å². The quantitative estimate of drug-likeness (QED) is 0.163. The molecule has 0 bridgehead atoms. The maximum atomic E-state index is 14.3. The van der Waals surface area contributed by atoms with Crippen LogP contribution in [0, 0.1) is 10.5 Å². The van der Waals surface area contributed by atoms with Crippen molar-refractivity contribution in [2.24, 2.45) is 0 Å². The van der Waals surface area contributed by atoms with Gasteiger partial charge in [0.25, 0.3) is 0 Å². The number of rotatable bonds is 9. The third-order valence-electron chi connectivity index (χ3n) is 6.78. The number of carbonyl (C=O) groups is 1. The minimum atomic E-state index is -4.82. The van der Waals surface area contributed by atoms with Crippen LogP contribution < -0.4 is 4.74 Å². The van der Waals surface area contributed by atoms with E-state index >= 15 is 0 Å². The van der Waals surface area contributed by atoms with Crippen LogP contribution >= 0.6 is 12.2 Å². The minimum absolute atomic E-state index is 0.140. The van der Waals surface area contributed by atoms with Crippen molar-refractivity contribution in [2.75, 3.05) is 34.3 Å². The lowest BCUT2D eigenvalue weighted by Gasteiger charge is -2.32. The van der Waals surface area contributed by atoms with Gasteiger partial charge in [0.15, 0.2) is 0 Å². The van der Waals surface area contributed by atoms with Crippen molar-refractivity contribution in [1.29, 1.82) is 0 Å². The lowest BCUT2D eigenvalue weighted by Crippen LogP contribution is -2.40. The van der Waals surface area contributed by atoms with E-state index in [9.17, 15) is 22.4 Å². The molecule has 0 radical (unpaired) electrons. The summed E-state index contributed by atoms with van der Waals surface area (Å²) in [7, 11) is 5.31. The molecule has 1 unspecified atom stereocenters. The summed E-state index contributed by atoms with van der Waals surface area (Å²) in [5.74, 6) is -0.639. The Labute approximate surface area is 240 Å². The van der Waals surface area contributed by atoms with E-state index in [1.54, 1.807) is 24.1 Å². The van der Waals surface area contributed by atoms with Crippen molar-refractivity contribution in [3.63, 3.8) is 0 Å². The molecule has 3 aromatic carbocycles. The van der Waals surface area contributed by atoms with Gasteiger partial charge in [-0.3, -0.25) is 9.36 Å². The van der Waals surface area contributed by atoms with E-state index in [1.165, 1.54) is 0 Å². The number of halogens is 4. The molecule has 1 heterocycles. The van der Waals surface area contributed by atoms with Crippen molar-refractivity contribution in [1.82, 2.24) is 19.4 Å². The van der Waals surface area contributed by atoms with Crippen LogP contribution in [-0.2, 0) is 17.4 Å². The SMILES string of the molecule is COc1ccc(-n2c(C(C)N(CCN(C)C)C(=O)Cc3ccc(C(F)(F)F)c(F)c3)nc3ccccc3c2=S)cc1. The number of benzene rings is 3. The molecular weight excluding hydrogens is 556 g/mol. The fraction of sp³-hybridized carbons (Fsp3) is 0.300. The number of carbonyl (C=O) groups excluding carboxylic acids is 1. The summed E-state index contributed by atoms with van der Waals surface area (Å²) in [6, 6.07) is 16.7. The van der Waals surface area contributed by atoms with Gasteiger partial charge in [-0.2, -0.15) is 13.2 Å². The van der Waals surface area contributed by atoms with Gasteiger partial charge in [-0.15, -0.1) is 0 Å². The van der Waals surface area contributed by atoms with Gasteiger partial charge in [-0.25, -0.2) is 9.37 Å². The van der Waals surface area contributed by atoms with Crippen molar-refractivity contribution < 1.29 is 27.1 Å². The first-order valence-electron chi connectivity index (χ1n) is 12.9. The van der Waals surface area contributed by atoms with Gasteiger partial charge in [-0.05, 0) is 75.1 Å². The van der Waals surface area contributed by atoms with Gasteiger partial charge in [0.05, 0.1) is 30.7 Å². The van der Waals surface area contributed by atoms with E-state index in [0.717, 1.165) is 23.2 Å². The fourth-order valence-electron chi connectivity index (χ4n) is 4.57. The highest BCUT2D eigenvalue weighted by Crippen LogP contribution is 2.32. The average Bonchev–Trinajstić information content (AvgIpc) is 2.92. The summed E-state index contributed by atoms with van der Waals surface area (Å²) in [6.45, 7) is 2.63. The van der Waals surface area contributed by atoms with Crippen molar-refractivity contribution in [3.05, 3.63) is 94.1 Å². The number of aromatic nitrogens is 2. The van der Waals surface area contributed by atoms with Gasteiger partial charge in [0, 0.05) is 24.2 Å². The van der Waals surface area contributed by atoms with Crippen LogP contribution in [0.1, 0.15) is 29.9 Å². The molecule has 4 rings (SSSR count). The Morgan fingerprint density at radius 3 is 2.34 bits per heavy atom. The van der Waals surface area contributed by atoms with E-state index in [0.29, 0.717) is 40.9 Å². The zero-order valence-corrected chi connectivity index (χ0v) is 23.9. The minimum Gasteiger partial charge on any atom is -0.497 e. The van der Waals surface area contributed by atoms with E-state index in [4.69, 9.17) is 21.9 Å². The molecule has 6 nitrogen and oxygen atoms in total. The Hall–Kier alpha value is -3.83. The summed E-state index contributed by atoms with van der Waals surface area (Å²) in [5, 5.41) is 0.765. The lowest BCUT2D eigenvalue weighted by molar-refractivity contribution is -0.140. The Balaban J connectivity index is 1.79. The molecule has 1 atom stereocenters. The maximum Gasteiger partial charge on any atom is 0.419 e. The molecule has 0 aliphatic heterocycles. The predicted molar refractivity (Wildman–Crippen MR) is 152 cm³/mol. The Morgan fingerprint density at radius 2 is 1.73 bits per heavy atom. The summed E-state index contributed by atoms with van der Waals surface area (Å²) in [4.78, 5) is 22.1. The van der Waals surface area contributed by atoms with E-state index in [2.05, 4.69) is 0 Å². The molecule has 216 valence electrons. The van der Waals surface area contributed by atoms with Crippen LogP contribution in [0.4, 0.5) is 17.6 Å². The third kappa shape index (κ3) is 6.74. The number of alkyl halides is 3. The highest BCUT2D eigenvalue weighted by molar-refractivity contribution is 7.71. The zero-order chi connectivity index (χ0) is 29.9. The summed E-state index contributed by atoms with van der Waals surface area (Å²) in [6.07, 6.45) is -5.11. The number of amides is 1. The van der Waals surface area contributed by atoms with Crippen LogP contribution in [0.3, 0.4) is 0 Å². The topological polar surface area (TPSA) is 50.6 Å². The van der Waals surface area contributed by atoms with Crippen LogP contribution in [0.15, 0.2) is 66.7 Å². The fourth-order valence-corrected chi connectivity index (χ4v) is 4.94. The van der Waals surface area contributed by atoms with Gasteiger partial charge in [-0.1, -0.05) is 30.4 Å². The normalized spacial score (nSPS) is 12.5. The van der Waals surface area contributed by atoms with Gasteiger partial charge >= 0.3 is 6.18 Å². The third-order valence-corrected chi connectivity index (χ3v) is 7.18. The number of ether oxygens (including phenoxy) is 1. The van der Waals surface area contributed by atoms with Crippen LogP contribution in [0.5, 0.6) is 5.75 Å². The molecule has 4 aromatic rings. The molecule has 11 heteroatoms. The largest absolute Gasteiger partial charge is 0.497 e. The van der Waals surface area contributed by atoms with Gasteiger partial charge in [0.2, 0.25) is 5.91 Å². The Morgan fingerprint density at radius 1 is 1.05 bits per heavy atom. The second kappa shape index (κ2) is 12.4. The molecule has 0 saturated heterocycles. The number of nitrogens with zero attached hydrogens (tertiary/aromatic N) is 4. The molecular formula is C30H30F4N4O2S. The molecule has 0 aliphatic rings. The first kappa shape index (κ1) is 30.1. The van der Waals surface area contributed by atoms with Crippen molar-refractivity contribution in [3.8, 4) is 11.4 Å². The van der Waals surface area contributed by atoms with E-state index < -0.39 is 23.6 Å². The van der Waals surface area contributed by atoms with Crippen molar-refractivity contribution in [2.45, 2.75) is 25.6 Å². The average molecular weight is 587 g/mol. The molecule has 1 amide bonds. The molecule has 0 spiro atoms. The first-order chi connectivity index (χ1) is 19.4. The first-order valence-corrected chi connectivity index (χ1v) is 13.3. The predicted octanol–water partition coefficient (Wildman–Crippen LogP) is 6.62. The second-order valence-corrected chi connectivity index (χ2v) is 10.3. The highest BCUT2D eigenvalue weighted by Gasteiger charge is 2.34.